The monoisotopic (exact) mass is 284 g/mol. The number of benzene rings is 1. The van der Waals surface area contributed by atoms with Crippen molar-refractivity contribution in [2.75, 3.05) is 6.54 Å². The minimum atomic E-state index is -0.887. The fraction of sp³-hybridized carbons (Fsp3) is 0.533. The maximum absolute atomic E-state index is 13.4. The van der Waals surface area contributed by atoms with Gasteiger partial charge in [0.1, 0.15) is 0 Å². The Bertz CT molecular complexity index is 449. The van der Waals surface area contributed by atoms with E-state index in [4.69, 9.17) is 5.73 Å². The van der Waals surface area contributed by atoms with Crippen molar-refractivity contribution in [2.45, 2.75) is 39.2 Å². The van der Waals surface area contributed by atoms with E-state index >= 15 is 0 Å². The van der Waals surface area contributed by atoms with E-state index in [-0.39, 0.29) is 30.4 Å². The van der Waals surface area contributed by atoms with Crippen molar-refractivity contribution >= 4 is 5.91 Å². The first kappa shape index (κ1) is 16.6. The highest BCUT2D eigenvalue weighted by Crippen LogP contribution is 2.13. The molecule has 3 nitrogen and oxygen atoms in total. The van der Waals surface area contributed by atoms with Crippen molar-refractivity contribution in [1.82, 2.24) is 5.32 Å². The quantitative estimate of drug-likeness (QED) is 0.807. The van der Waals surface area contributed by atoms with E-state index in [2.05, 4.69) is 19.2 Å². The summed E-state index contributed by atoms with van der Waals surface area (Å²) in [6.07, 6.45) is 1.10. The third-order valence-corrected chi connectivity index (χ3v) is 3.06. The number of rotatable bonds is 7. The standard InChI is InChI=1S/C15H22F2N2O/c1-10(2)8-12(9-18)19-14(20)7-6-11-4-3-5-13(16)15(11)17/h3-5,10,12H,6-9,18H2,1-2H3,(H,19,20). The zero-order valence-electron chi connectivity index (χ0n) is 12.0. The zero-order chi connectivity index (χ0) is 15.1. The summed E-state index contributed by atoms with van der Waals surface area (Å²) in [7, 11) is 0. The molecule has 0 radical (unpaired) electrons. The van der Waals surface area contributed by atoms with Crippen LogP contribution in [0.15, 0.2) is 18.2 Å². The maximum atomic E-state index is 13.4. The van der Waals surface area contributed by atoms with E-state index in [1.807, 2.05) is 0 Å². The predicted octanol–water partition coefficient (Wildman–Crippen LogP) is 2.39. The molecule has 0 fully saturated rings. The van der Waals surface area contributed by atoms with Crippen LogP contribution in [0.3, 0.4) is 0 Å². The predicted molar refractivity (Wildman–Crippen MR) is 75.1 cm³/mol. The van der Waals surface area contributed by atoms with Gasteiger partial charge in [-0.05, 0) is 30.4 Å². The van der Waals surface area contributed by atoms with Gasteiger partial charge in [0, 0.05) is 19.0 Å². The molecule has 1 unspecified atom stereocenters. The average molecular weight is 284 g/mol. The highest BCUT2D eigenvalue weighted by Gasteiger charge is 2.14. The second-order valence-electron chi connectivity index (χ2n) is 5.34. The number of nitrogens with one attached hydrogen (secondary N) is 1. The molecule has 1 amide bonds. The summed E-state index contributed by atoms with van der Waals surface area (Å²) in [5, 5.41) is 2.82. The van der Waals surface area contributed by atoms with Gasteiger partial charge in [0.05, 0.1) is 0 Å². The Kier molecular flexibility index (Phi) is 6.58. The number of hydrogen-bond acceptors (Lipinski definition) is 2. The van der Waals surface area contributed by atoms with Gasteiger partial charge in [-0.2, -0.15) is 0 Å². The number of amides is 1. The van der Waals surface area contributed by atoms with Crippen molar-refractivity contribution in [3.05, 3.63) is 35.4 Å². The molecule has 5 heteroatoms. The first-order valence-electron chi connectivity index (χ1n) is 6.86. The molecule has 1 aromatic rings. The normalized spacial score (nSPS) is 12.5. The molecule has 0 aliphatic carbocycles. The van der Waals surface area contributed by atoms with E-state index < -0.39 is 11.6 Å². The van der Waals surface area contributed by atoms with E-state index in [1.54, 1.807) is 0 Å². The van der Waals surface area contributed by atoms with Crippen LogP contribution in [0.1, 0.15) is 32.3 Å². The van der Waals surface area contributed by atoms with Crippen LogP contribution >= 0.6 is 0 Å². The van der Waals surface area contributed by atoms with Gasteiger partial charge in [-0.1, -0.05) is 26.0 Å². The van der Waals surface area contributed by atoms with Gasteiger partial charge in [-0.15, -0.1) is 0 Å². The smallest absolute Gasteiger partial charge is 0.220 e. The molecule has 20 heavy (non-hydrogen) atoms. The van der Waals surface area contributed by atoms with E-state index in [0.717, 1.165) is 12.5 Å². The molecule has 3 N–H and O–H groups in total. The molecule has 0 aliphatic heterocycles. The number of carbonyl (C=O) groups is 1. The van der Waals surface area contributed by atoms with Gasteiger partial charge in [-0.3, -0.25) is 4.79 Å². The SMILES string of the molecule is CC(C)CC(CN)NC(=O)CCc1cccc(F)c1F. The molecular weight excluding hydrogens is 262 g/mol. The van der Waals surface area contributed by atoms with Crippen molar-refractivity contribution < 1.29 is 13.6 Å². The molecule has 0 saturated carbocycles. The van der Waals surface area contributed by atoms with Gasteiger partial charge in [0.15, 0.2) is 11.6 Å². The Hall–Kier alpha value is -1.49. The summed E-state index contributed by atoms with van der Waals surface area (Å²) in [6.45, 7) is 4.48. The van der Waals surface area contributed by atoms with Gasteiger partial charge in [0.25, 0.3) is 0 Å². The fourth-order valence-corrected chi connectivity index (χ4v) is 2.07. The van der Waals surface area contributed by atoms with Crippen molar-refractivity contribution in [2.24, 2.45) is 11.7 Å². The number of carbonyl (C=O) groups excluding carboxylic acids is 1. The second-order valence-corrected chi connectivity index (χ2v) is 5.34. The largest absolute Gasteiger partial charge is 0.352 e. The summed E-state index contributed by atoms with van der Waals surface area (Å²) in [4.78, 5) is 11.8. The fourth-order valence-electron chi connectivity index (χ4n) is 2.07. The van der Waals surface area contributed by atoms with Crippen LogP contribution in [0, 0.1) is 17.6 Å². The Morgan fingerprint density at radius 2 is 2.05 bits per heavy atom. The lowest BCUT2D eigenvalue weighted by Gasteiger charge is -2.18. The van der Waals surface area contributed by atoms with Gasteiger partial charge in [-0.25, -0.2) is 8.78 Å². The lowest BCUT2D eigenvalue weighted by molar-refractivity contribution is -0.121. The number of hydrogen-bond donors (Lipinski definition) is 2. The van der Waals surface area contributed by atoms with Crippen LogP contribution < -0.4 is 11.1 Å². The van der Waals surface area contributed by atoms with E-state index in [0.29, 0.717) is 12.5 Å². The summed E-state index contributed by atoms with van der Waals surface area (Å²) in [5.41, 5.74) is 5.81. The molecule has 1 rings (SSSR count). The molecule has 0 aromatic heterocycles. The number of halogens is 2. The van der Waals surface area contributed by atoms with Crippen LogP contribution in [-0.2, 0) is 11.2 Å². The zero-order valence-corrected chi connectivity index (χ0v) is 12.0. The van der Waals surface area contributed by atoms with Crippen LogP contribution in [0.5, 0.6) is 0 Å². The highest BCUT2D eigenvalue weighted by molar-refractivity contribution is 5.76. The molecule has 0 bridgehead atoms. The first-order chi connectivity index (χ1) is 9.43. The third kappa shape index (κ3) is 5.25. The Morgan fingerprint density at radius 3 is 2.65 bits per heavy atom. The summed E-state index contributed by atoms with van der Waals surface area (Å²) in [5.74, 6) is -1.52. The molecule has 0 spiro atoms. The Balaban J connectivity index is 2.48. The van der Waals surface area contributed by atoms with E-state index in [9.17, 15) is 13.6 Å². The molecule has 1 atom stereocenters. The van der Waals surface area contributed by atoms with E-state index in [1.165, 1.54) is 12.1 Å². The third-order valence-electron chi connectivity index (χ3n) is 3.06. The van der Waals surface area contributed by atoms with Crippen molar-refractivity contribution in [3.8, 4) is 0 Å². The number of aryl methyl sites for hydroxylation is 1. The van der Waals surface area contributed by atoms with Gasteiger partial charge >= 0.3 is 0 Å². The molecule has 1 aromatic carbocycles. The summed E-state index contributed by atoms with van der Waals surface area (Å²) in [6, 6.07) is 3.92. The summed E-state index contributed by atoms with van der Waals surface area (Å²) < 4.78 is 26.4. The lowest BCUT2D eigenvalue weighted by atomic mass is 10.0. The van der Waals surface area contributed by atoms with Crippen LogP contribution in [0.4, 0.5) is 8.78 Å². The minimum Gasteiger partial charge on any atom is -0.352 e. The van der Waals surface area contributed by atoms with Crippen LogP contribution in [0.2, 0.25) is 0 Å². The molecule has 0 aliphatic rings. The highest BCUT2D eigenvalue weighted by atomic mass is 19.2. The Labute approximate surface area is 118 Å². The number of nitrogens with two attached hydrogens (primary N) is 1. The summed E-state index contributed by atoms with van der Waals surface area (Å²) >= 11 is 0. The van der Waals surface area contributed by atoms with Gasteiger partial charge < -0.3 is 11.1 Å². The lowest BCUT2D eigenvalue weighted by Crippen LogP contribution is -2.41. The minimum absolute atomic E-state index is 0.0696. The van der Waals surface area contributed by atoms with Crippen molar-refractivity contribution in [1.29, 1.82) is 0 Å². The molecule has 0 saturated heterocycles. The van der Waals surface area contributed by atoms with Crippen LogP contribution in [-0.4, -0.2) is 18.5 Å². The maximum Gasteiger partial charge on any atom is 0.220 e. The van der Waals surface area contributed by atoms with Crippen molar-refractivity contribution in [3.63, 3.8) is 0 Å². The van der Waals surface area contributed by atoms with Gasteiger partial charge in [0.2, 0.25) is 5.91 Å². The Morgan fingerprint density at radius 1 is 1.35 bits per heavy atom. The second kappa shape index (κ2) is 7.94. The molecule has 0 heterocycles. The molecule has 112 valence electrons. The average Bonchev–Trinajstić information content (AvgIpc) is 2.39. The van der Waals surface area contributed by atoms with Crippen LogP contribution in [0.25, 0.3) is 0 Å². The first-order valence-corrected chi connectivity index (χ1v) is 6.86. The molecular formula is C15H22F2N2O. The topological polar surface area (TPSA) is 55.1 Å².